The Balaban J connectivity index is 1.44. The fourth-order valence-corrected chi connectivity index (χ4v) is 5.04. The first-order valence-corrected chi connectivity index (χ1v) is 15.1. The quantitative estimate of drug-likeness (QED) is 0.140. The fraction of sp³-hybridized carbons (Fsp3) is 0.324. The van der Waals surface area contributed by atoms with Gasteiger partial charge in [0.25, 0.3) is 0 Å². The summed E-state index contributed by atoms with van der Waals surface area (Å²) in [5, 5.41) is 0. The van der Waals surface area contributed by atoms with Gasteiger partial charge in [-0.25, -0.2) is 4.99 Å². The highest BCUT2D eigenvalue weighted by Crippen LogP contribution is 2.28. The van der Waals surface area contributed by atoms with Gasteiger partial charge in [-0.1, -0.05) is 121 Å². The first-order valence-electron chi connectivity index (χ1n) is 15.1. The fourth-order valence-electron chi connectivity index (χ4n) is 5.04. The van der Waals surface area contributed by atoms with Crippen molar-refractivity contribution in [2.45, 2.75) is 50.8 Å². The van der Waals surface area contributed by atoms with Gasteiger partial charge in [-0.3, -0.25) is 0 Å². The van der Waals surface area contributed by atoms with Crippen molar-refractivity contribution in [3.05, 3.63) is 144 Å². The molecule has 4 aromatic carbocycles. The normalized spacial score (nSPS) is 19.8. The summed E-state index contributed by atoms with van der Waals surface area (Å²) in [6.07, 6.45) is -1.60. The van der Waals surface area contributed by atoms with Gasteiger partial charge in [-0.2, -0.15) is 0 Å². The third kappa shape index (κ3) is 9.58. The van der Waals surface area contributed by atoms with Gasteiger partial charge in [-0.05, 0) is 22.3 Å². The summed E-state index contributed by atoms with van der Waals surface area (Å²) in [7, 11) is 1.65. The summed E-state index contributed by atoms with van der Waals surface area (Å²) in [4.78, 5) is 5.06. The van der Waals surface area contributed by atoms with E-state index in [0.29, 0.717) is 52.1 Å². The molecule has 0 saturated carbocycles. The van der Waals surface area contributed by atoms with Gasteiger partial charge >= 0.3 is 0 Å². The third-order valence-corrected chi connectivity index (χ3v) is 7.32. The Kier molecular flexibility index (Phi) is 12.5. The van der Waals surface area contributed by atoms with Crippen molar-refractivity contribution in [3.8, 4) is 0 Å². The van der Waals surface area contributed by atoms with Crippen molar-refractivity contribution >= 4 is 5.90 Å². The molecule has 0 N–H and O–H groups in total. The van der Waals surface area contributed by atoms with Crippen molar-refractivity contribution in [1.82, 2.24) is 0 Å². The molecular weight excluding hydrogens is 554 g/mol. The Labute approximate surface area is 260 Å². The summed E-state index contributed by atoms with van der Waals surface area (Å²) in [6, 6.07) is 40.0. The Morgan fingerprint density at radius 1 is 0.523 bits per heavy atom. The van der Waals surface area contributed by atoms with E-state index in [0.717, 1.165) is 22.3 Å². The number of nitrogens with zero attached hydrogens (tertiary/aromatic N) is 1. The van der Waals surface area contributed by atoms with Gasteiger partial charge in [0.2, 0.25) is 5.90 Å². The SMILES string of the molecule is COCCOC1=N[C@H](COCc2ccccc2)[C@@H](OCc2ccccc2)[C@H](OCc2ccccc2)[C@H]1OCc1ccccc1. The van der Waals surface area contributed by atoms with Crippen LogP contribution < -0.4 is 0 Å². The minimum atomic E-state index is -0.609. The largest absolute Gasteiger partial charge is 0.477 e. The smallest absolute Gasteiger partial charge is 0.216 e. The average molecular weight is 596 g/mol. The van der Waals surface area contributed by atoms with Crippen molar-refractivity contribution in [2.75, 3.05) is 26.9 Å². The van der Waals surface area contributed by atoms with E-state index in [-0.39, 0.29) is 0 Å². The molecule has 7 heteroatoms. The maximum atomic E-state index is 6.70. The highest BCUT2D eigenvalue weighted by molar-refractivity contribution is 5.83. The van der Waals surface area contributed by atoms with Crippen LogP contribution in [-0.2, 0) is 54.8 Å². The van der Waals surface area contributed by atoms with E-state index in [9.17, 15) is 0 Å². The predicted octanol–water partition coefficient (Wildman–Crippen LogP) is 6.40. The molecular formula is C37H41NO6. The number of hydrogen-bond donors (Lipinski definition) is 0. The van der Waals surface area contributed by atoms with Crippen LogP contribution in [0.3, 0.4) is 0 Å². The summed E-state index contributed by atoms with van der Waals surface area (Å²) in [6.45, 7) is 2.67. The van der Waals surface area contributed by atoms with Crippen LogP contribution >= 0.6 is 0 Å². The summed E-state index contributed by atoms with van der Waals surface area (Å²) >= 11 is 0. The maximum Gasteiger partial charge on any atom is 0.216 e. The topological polar surface area (TPSA) is 67.7 Å². The molecule has 0 aromatic heterocycles. The zero-order valence-corrected chi connectivity index (χ0v) is 25.2. The van der Waals surface area contributed by atoms with Gasteiger partial charge in [-0.15, -0.1) is 0 Å². The van der Waals surface area contributed by atoms with E-state index in [2.05, 4.69) is 12.1 Å². The maximum absolute atomic E-state index is 6.70. The molecule has 5 rings (SSSR count). The molecule has 1 aliphatic heterocycles. The predicted molar refractivity (Wildman–Crippen MR) is 170 cm³/mol. The second-order valence-corrected chi connectivity index (χ2v) is 10.6. The van der Waals surface area contributed by atoms with Crippen LogP contribution in [0.2, 0.25) is 0 Å². The second-order valence-electron chi connectivity index (χ2n) is 10.6. The average Bonchev–Trinajstić information content (AvgIpc) is 3.08. The molecule has 7 nitrogen and oxygen atoms in total. The Hall–Kier alpha value is -3.85. The molecule has 4 atom stereocenters. The molecule has 0 unspecified atom stereocenters. The van der Waals surface area contributed by atoms with E-state index in [4.69, 9.17) is 33.4 Å². The van der Waals surface area contributed by atoms with Gasteiger partial charge < -0.3 is 28.4 Å². The lowest BCUT2D eigenvalue weighted by atomic mass is 9.96. The first kappa shape index (κ1) is 31.6. The second kappa shape index (κ2) is 17.4. The first-order chi connectivity index (χ1) is 21.8. The third-order valence-electron chi connectivity index (χ3n) is 7.32. The number of methoxy groups -OCH3 is 1. The van der Waals surface area contributed by atoms with Gasteiger partial charge in [0, 0.05) is 7.11 Å². The van der Waals surface area contributed by atoms with E-state index >= 15 is 0 Å². The zero-order valence-electron chi connectivity index (χ0n) is 25.2. The summed E-state index contributed by atoms with van der Waals surface area (Å²) in [5.74, 6) is 0.462. The van der Waals surface area contributed by atoms with Crippen LogP contribution in [0.25, 0.3) is 0 Å². The van der Waals surface area contributed by atoms with Crippen LogP contribution in [0.15, 0.2) is 126 Å². The molecule has 0 fully saturated rings. The van der Waals surface area contributed by atoms with Crippen LogP contribution in [0, 0.1) is 0 Å². The van der Waals surface area contributed by atoms with E-state index in [1.807, 2.05) is 109 Å². The minimum absolute atomic E-state index is 0.322. The molecule has 0 aliphatic carbocycles. The van der Waals surface area contributed by atoms with Crippen molar-refractivity contribution < 1.29 is 28.4 Å². The molecule has 1 aliphatic rings. The van der Waals surface area contributed by atoms with E-state index in [1.165, 1.54) is 0 Å². The molecule has 0 bridgehead atoms. The highest BCUT2D eigenvalue weighted by atomic mass is 16.6. The Morgan fingerprint density at radius 2 is 0.977 bits per heavy atom. The van der Waals surface area contributed by atoms with Crippen LogP contribution in [-0.4, -0.2) is 57.2 Å². The molecule has 0 saturated heterocycles. The number of hydrogen-bond acceptors (Lipinski definition) is 7. The lowest BCUT2D eigenvalue weighted by molar-refractivity contribution is -0.155. The highest BCUT2D eigenvalue weighted by Gasteiger charge is 2.45. The van der Waals surface area contributed by atoms with Crippen molar-refractivity contribution in [3.63, 3.8) is 0 Å². The summed E-state index contributed by atoms with van der Waals surface area (Å²) in [5.41, 5.74) is 4.25. The number of benzene rings is 4. The van der Waals surface area contributed by atoms with Gasteiger partial charge in [0.05, 0.1) is 39.6 Å². The number of rotatable bonds is 16. The molecule has 0 radical (unpaired) electrons. The lowest BCUT2D eigenvalue weighted by Gasteiger charge is -2.40. The Bertz CT molecular complexity index is 1370. The molecule has 230 valence electrons. The lowest BCUT2D eigenvalue weighted by Crippen LogP contribution is -2.56. The molecule has 0 amide bonds. The minimum Gasteiger partial charge on any atom is -0.477 e. The number of ether oxygens (including phenoxy) is 6. The summed E-state index contributed by atoms with van der Waals surface area (Å²) < 4.78 is 37.7. The van der Waals surface area contributed by atoms with Crippen LogP contribution in [0.5, 0.6) is 0 Å². The molecule has 44 heavy (non-hydrogen) atoms. The zero-order chi connectivity index (χ0) is 30.2. The molecule has 4 aromatic rings. The Morgan fingerprint density at radius 3 is 1.48 bits per heavy atom. The molecule has 1 heterocycles. The van der Waals surface area contributed by atoms with Gasteiger partial charge in [0.15, 0.2) is 6.10 Å². The van der Waals surface area contributed by atoms with Gasteiger partial charge in [0.1, 0.15) is 24.9 Å². The van der Waals surface area contributed by atoms with Crippen LogP contribution in [0.4, 0.5) is 0 Å². The van der Waals surface area contributed by atoms with Crippen molar-refractivity contribution in [2.24, 2.45) is 4.99 Å². The number of aliphatic imine (C=N–C) groups is 1. The van der Waals surface area contributed by atoms with Crippen LogP contribution in [0.1, 0.15) is 22.3 Å². The monoisotopic (exact) mass is 595 g/mol. The van der Waals surface area contributed by atoms with E-state index in [1.54, 1.807) is 7.11 Å². The van der Waals surface area contributed by atoms with Crippen molar-refractivity contribution in [1.29, 1.82) is 0 Å². The van der Waals surface area contributed by atoms with E-state index < -0.39 is 24.4 Å². The standard InChI is InChI=1S/C37H41NO6/c1-39-22-23-41-37-36(44-27-32-20-12-5-13-21-32)35(43-26-31-18-10-4-11-19-31)34(42-25-30-16-8-3-9-17-30)33(38-37)28-40-24-29-14-6-2-7-15-29/h2-21,33-36H,22-28H2,1H3/t33-,34-,35+,36-/m1/s1. The molecule has 0 spiro atoms.